The van der Waals surface area contributed by atoms with Crippen molar-refractivity contribution in [1.82, 2.24) is 10.2 Å². The monoisotopic (exact) mass is 574 g/mol. The van der Waals surface area contributed by atoms with E-state index in [-0.39, 0.29) is 24.6 Å². The van der Waals surface area contributed by atoms with E-state index >= 15 is 0 Å². The first-order chi connectivity index (χ1) is 20.5. The van der Waals surface area contributed by atoms with Gasteiger partial charge in [-0.2, -0.15) is 0 Å². The Balaban J connectivity index is 1.41. The van der Waals surface area contributed by atoms with Gasteiger partial charge in [0.25, 0.3) is 0 Å². The lowest BCUT2D eigenvalue weighted by Crippen LogP contribution is -2.52. The lowest BCUT2D eigenvalue weighted by Gasteiger charge is -2.35. The highest BCUT2D eigenvalue weighted by Gasteiger charge is 2.34. The molecule has 0 saturated carbocycles. The number of benzene rings is 3. The first-order valence-electron chi connectivity index (χ1n) is 14.6. The molecule has 1 heterocycles. The van der Waals surface area contributed by atoms with Gasteiger partial charge in [-0.05, 0) is 73.8 Å². The Kier molecular flexibility index (Phi) is 11.5. The first-order valence-corrected chi connectivity index (χ1v) is 14.6. The molecule has 4 rings (SSSR count). The summed E-state index contributed by atoms with van der Waals surface area (Å²) >= 11 is 0. The molecule has 3 aromatic rings. The molecule has 0 aromatic heterocycles. The average molecular weight is 575 g/mol. The summed E-state index contributed by atoms with van der Waals surface area (Å²) in [5, 5.41) is 2.97. The number of carbonyl (C=O) groups is 2. The zero-order valence-electron chi connectivity index (χ0n) is 24.8. The van der Waals surface area contributed by atoms with Crippen LogP contribution in [0.15, 0.2) is 72.8 Å². The minimum Gasteiger partial charge on any atom is -0.493 e. The number of hydrogen-bond acceptors (Lipinski definition) is 6. The number of amides is 2. The summed E-state index contributed by atoms with van der Waals surface area (Å²) in [6.45, 7) is 0.740. The largest absolute Gasteiger partial charge is 0.493 e. The Bertz CT molecular complexity index is 1220. The number of carbonyl (C=O) groups excluding carboxylic acids is 2. The number of urea groups is 1. The molecule has 1 saturated heterocycles. The normalized spacial score (nSPS) is 14.8. The molecule has 8 heteroatoms. The predicted molar refractivity (Wildman–Crippen MR) is 162 cm³/mol. The van der Waals surface area contributed by atoms with E-state index in [1.165, 1.54) is 11.1 Å². The maximum atomic E-state index is 13.6. The summed E-state index contributed by atoms with van der Waals surface area (Å²) in [6, 6.07) is 23.2. The molecule has 1 N–H and O–H groups in total. The van der Waals surface area contributed by atoms with Crippen LogP contribution in [0.5, 0.6) is 17.2 Å². The molecule has 3 aromatic carbocycles. The van der Waals surface area contributed by atoms with Crippen molar-refractivity contribution in [2.45, 2.75) is 63.6 Å². The molecule has 0 bridgehead atoms. The summed E-state index contributed by atoms with van der Waals surface area (Å²) in [6.07, 6.45) is 5.13. The van der Waals surface area contributed by atoms with Crippen molar-refractivity contribution in [3.8, 4) is 17.2 Å². The Morgan fingerprint density at radius 1 is 0.810 bits per heavy atom. The highest BCUT2D eigenvalue weighted by molar-refractivity contribution is 5.84. The van der Waals surface area contributed by atoms with Gasteiger partial charge < -0.3 is 29.2 Å². The second-order valence-corrected chi connectivity index (χ2v) is 10.5. The molecule has 1 atom stereocenters. The fourth-order valence-corrected chi connectivity index (χ4v) is 5.39. The lowest BCUT2D eigenvalue weighted by molar-refractivity contribution is -0.156. The number of ether oxygens (including phenoxy) is 4. The van der Waals surface area contributed by atoms with Gasteiger partial charge in [0.05, 0.1) is 21.3 Å². The molecule has 2 amide bonds. The van der Waals surface area contributed by atoms with Crippen LogP contribution in [0.2, 0.25) is 0 Å². The van der Waals surface area contributed by atoms with Gasteiger partial charge in [-0.15, -0.1) is 0 Å². The number of esters is 1. The topological polar surface area (TPSA) is 86.3 Å². The Hall–Kier alpha value is -4.20. The van der Waals surface area contributed by atoms with Gasteiger partial charge in [0.15, 0.2) is 11.5 Å². The van der Waals surface area contributed by atoms with Crippen LogP contribution in [0.1, 0.15) is 48.8 Å². The minimum atomic E-state index is -0.616. The van der Waals surface area contributed by atoms with Gasteiger partial charge in [0.1, 0.15) is 12.1 Å². The van der Waals surface area contributed by atoms with Crippen LogP contribution in [0, 0.1) is 0 Å². The Morgan fingerprint density at radius 2 is 1.38 bits per heavy atom. The van der Waals surface area contributed by atoms with Crippen molar-refractivity contribution in [2.24, 2.45) is 0 Å². The molecule has 1 fully saturated rings. The van der Waals surface area contributed by atoms with E-state index in [0.717, 1.165) is 44.1 Å². The standard InChI is InChI=1S/C34H42N2O6/c1-39-30-22-27(23-31(40-2)32(30)41-3)24-35-34(38)36-21-11-10-16-29(36)33(37)42-28(19-17-25-12-6-4-7-13-25)20-18-26-14-8-5-9-15-26/h4-9,12-15,22-23,28-29H,10-11,16-21,24H2,1-3H3,(H,35,38)/t29-/m0/s1. The van der Waals surface area contributed by atoms with E-state index in [0.29, 0.717) is 30.2 Å². The third-order valence-electron chi connectivity index (χ3n) is 7.68. The summed E-state index contributed by atoms with van der Waals surface area (Å²) in [5.74, 6) is 1.18. The van der Waals surface area contributed by atoms with Crippen LogP contribution >= 0.6 is 0 Å². The highest BCUT2D eigenvalue weighted by Crippen LogP contribution is 2.38. The molecule has 0 spiro atoms. The first kappa shape index (κ1) is 30.8. The third-order valence-corrected chi connectivity index (χ3v) is 7.68. The molecular weight excluding hydrogens is 532 g/mol. The van der Waals surface area contributed by atoms with Crippen molar-refractivity contribution in [3.63, 3.8) is 0 Å². The van der Waals surface area contributed by atoms with E-state index < -0.39 is 6.04 Å². The molecule has 0 unspecified atom stereocenters. The highest BCUT2D eigenvalue weighted by atomic mass is 16.5. The fraction of sp³-hybridized carbons (Fsp3) is 0.412. The van der Waals surface area contributed by atoms with Crippen molar-refractivity contribution in [1.29, 1.82) is 0 Å². The molecule has 224 valence electrons. The van der Waals surface area contributed by atoms with Crippen LogP contribution < -0.4 is 19.5 Å². The Labute approximate surface area is 248 Å². The number of piperidine rings is 1. The van der Waals surface area contributed by atoms with E-state index in [1.54, 1.807) is 38.4 Å². The zero-order chi connectivity index (χ0) is 29.7. The zero-order valence-corrected chi connectivity index (χ0v) is 24.8. The van der Waals surface area contributed by atoms with E-state index in [9.17, 15) is 9.59 Å². The van der Waals surface area contributed by atoms with Crippen LogP contribution in [0.3, 0.4) is 0 Å². The number of methoxy groups -OCH3 is 3. The Morgan fingerprint density at radius 3 is 1.90 bits per heavy atom. The maximum Gasteiger partial charge on any atom is 0.329 e. The van der Waals surface area contributed by atoms with Gasteiger partial charge in [-0.1, -0.05) is 60.7 Å². The van der Waals surface area contributed by atoms with Crippen molar-refractivity contribution >= 4 is 12.0 Å². The molecule has 42 heavy (non-hydrogen) atoms. The second-order valence-electron chi connectivity index (χ2n) is 10.5. The van der Waals surface area contributed by atoms with Crippen LogP contribution in [0.25, 0.3) is 0 Å². The van der Waals surface area contributed by atoms with Gasteiger partial charge in [0, 0.05) is 13.1 Å². The number of rotatable bonds is 13. The molecule has 1 aliphatic rings. The van der Waals surface area contributed by atoms with Crippen molar-refractivity contribution < 1.29 is 28.5 Å². The summed E-state index contributed by atoms with van der Waals surface area (Å²) < 4.78 is 22.4. The van der Waals surface area contributed by atoms with Gasteiger partial charge >= 0.3 is 12.0 Å². The molecule has 1 aliphatic heterocycles. The number of hydrogen-bond donors (Lipinski definition) is 1. The third kappa shape index (κ3) is 8.41. The van der Waals surface area contributed by atoms with E-state index in [4.69, 9.17) is 18.9 Å². The summed E-state index contributed by atoms with van der Waals surface area (Å²) in [4.78, 5) is 28.5. The molecule has 0 aliphatic carbocycles. The number of aryl methyl sites for hydroxylation is 2. The van der Waals surface area contributed by atoms with Crippen LogP contribution in [0.4, 0.5) is 4.79 Å². The van der Waals surface area contributed by atoms with Gasteiger partial charge in [-0.25, -0.2) is 9.59 Å². The van der Waals surface area contributed by atoms with Crippen LogP contribution in [-0.2, 0) is 28.9 Å². The lowest BCUT2D eigenvalue weighted by atomic mass is 10.00. The molecule has 8 nitrogen and oxygen atoms in total. The quantitative estimate of drug-likeness (QED) is 0.254. The van der Waals surface area contributed by atoms with Gasteiger partial charge in [0.2, 0.25) is 5.75 Å². The van der Waals surface area contributed by atoms with E-state index in [2.05, 4.69) is 29.6 Å². The SMILES string of the molecule is COc1cc(CNC(=O)N2CCCC[C@H]2C(=O)OC(CCc2ccccc2)CCc2ccccc2)cc(OC)c1OC. The fourth-order valence-electron chi connectivity index (χ4n) is 5.39. The molecule has 0 radical (unpaired) electrons. The second kappa shape index (κ2) is 15.7. The minimum absolute atomic E-state index is 0.241. The number of nitrogens with zero attached hydrogens (tertiary/aromatic N) is 1. The van der Waals surface area contributed by atoms with Gasteiger partial charge in [-0.3, -0.25) is 0 Å². The maximum absolute atomic E-state index is 13.6. The van der Waals surface area contributed by atoms with Crippen molar-refractivity contribution in [2.75, 3.05) is 27.9 Å². The summed E-state index contributed by atoms with van der Waals surface area (Å²) in [7, 11) is 4.65. The molecular formula is C34H42N2O6. The van der Waals surface area contributed by atoms with E-state index in [1.807, 2.05) is 36.4 Å². The predicted octanol–water partition coefficient (Wildman–Crippen LogP) is 5.95. The number of nitrogens with one attached hydrogen (secondary N) is 1. The average Bonchev–Trinajstić information content (AvgIpc) is 3.05. The number of likely N-dealkylation sites (tertiary alicyclic amines) is 1. The van der Waals surface area contributed by atoms with Crippen LogP contribution in [-0.4, -0.2) is 56.9 Å². The van der Waals surface area contributed by atoms with Crippen molar-refractivity contribution in [3.05, 3.63) is 89.5 Å². The summed E-state index contributed by atoms with van der Waals surface area (Å²) in [5.41, 5.74) is 3.21. The smallest absolute Gasteiger partial charge is 0.329 e.